The van der Waals surface area contributed by atoms with Gasteiger partial charge in [-0.1, -0.05) is 18.2 Å². The highest BCUT2D eigenvalue weighted by Gasteiger charge is 2.26. The average Bonchev–Trinajstić information content (AvgIpc) is 3.13. The fourth-order valence-corrected chi connectivity index (χ4v) is 5.39. The first-order chi connectivity index (χ1) is 16.2. The molecule has 1 amide bonds. The summed E-state index contributed by atoms with van der Waals surface area (Å²) >= 11 is 0. The molecule has 8 nitrogen and oxygen atoms in total. The van der Waals surface area contributed by atoms with Crippen molar-refractivity contribution in [3.05, 3.63) is 65.6 Å². The van der Waals surface area contributed by atoms with Crippen LogP contribution in [0.4, 0.5) is 5.69 Å². The summed E-state index contributed by atoms with van der Waals surface area (Å²) < 4.78 is 26.5. The molecule has 0 saturated carbocycles. The first kappa shape index (κ1) is 23.9. The molecule has 0 N–H and O–H groups in total. The first-order valence-corrected chi connectivity index (χ1v) is 13.1. The minimum absolute atomic E-state index is 0.0525. The molecular weight excluding hydrogens is 450 g/mol. The summed E-state index contributed by atoms with van der Waals surface area (Å²) in [6, 6.07) is 12.4. The molecule has 180 valence electrons. The highest BCUT2D eigenvalue weighted by molar-refractivity contribution is 7.92. The molecule has 1 aliphatic rings. The number of amides is 1. The topological polar surface area (TPSA) is 88.4 Å². The lowest BCUT2D eigenvalue weighted by Gasteiger charge is -2.36. The normalized spacial score (nSPS) is 14.6. The molecule has 9 heteroatoms. The molecule has 2 aromatic heterocycles. The third-order valence-corrected chi connectivity index (χ3v) is 8.47. The van der Waals surface area contributed by atoms with Gasteiger partial charge in [0.05, 0.1) is 33.6 Å². The second-order valence-corrected chi connectivity index (χ2v) is 11.4. The van der Waals surface area contributed by atoms with Crippen LogP contribution in [0.1, 0.15) is 30.8 Å². The summed E-state index contributed by atoms with van der Waals surface area (Å²) in [6.45, 7) is 10.1. The zero-order chi connectivity index (χ0) is 24.5. The quantitative estimate of drug-likeness (QED) is 0.538. The SMILES string of the molecule is Cc1nn(-c2ccccn2)c(C)c1N1CCN(C(=O)Cc2ccc(S(=O)(=O)C(C)C)cc2)CC1. The molecule has 0 unspecified atom stereocenters. The molecule has 3 aromatic rings. The minimum Gasteiger partial charge on any atom is -0.365 e. The molecule has 34 heavy (non-hydrogen) atoms. The van der Waals surface area contributed by atoms with Gasteiger partial charge in [-0.3, -0.25) is 4.79 Å². The number of benzene rings is 1. The molecule has 3 heterocycles. The number of carbonyl (C=O) groups excluding carboxylic acids is 1. The van der Waals surface area contributed by atoms with E-state index in [2.05, 4.69) is 15.0 Å². The number of aromatic nitrogens is 3. The highest BCUT2D eigenvalue weighted by Crippen LogP contribution is 2.27. The monoisotopic (exact) mass is 481 g/mol. The van der Waals surface area contributed by atoms with Crippen LogP contribution in [-0.2, 0) is 21.1 Å². The van der Waals surface area contributed by atoms with Gasteiger partial charge in [0.2, 0.25) is 5.91 Å². The van der Waals surface area contributed by atoms with Gasteiger partial charge in [-0.2, -0.15) is 5.10 Å². The summed E-state index contributed by atoms with van der Waals surface area (Å²) in [5, 5.41) is 4.22. The fraction of sp³-hybridized carbons (Fsp3) is 0.400. The summed E-state index contributed by atoms with van der Waals surface area (Å²) in [6.07, 6.45) is 2.02. The second kappa shape index (κ2) is 9.58. The number of sulfone groups is 1. The van der Waals surface area contributed by atoms with Gasteiger partial charge < -0.3 is 9.80 Å². The van der Waals surface area contributed by atoms with Crippen LogP contribution in [0, 0.1) is 13.8 Å². The summed E-state index contributed by atoms with van der Waals surface area (Å²) in [5.74, 6) is 0.840. The Kier molecular flexibility index (Phi) is 6.74. The Hall–Kier alpha value is -3.20. The zero-order valence-corrected chi connectivity index (χ0v) is 20.9. The van der Waals surface area contributed by atoms with Crippen molar-refractivity contribution >= 4 is 21.4 Å². The van der Waals surface area contributed by atoms with E-state index in [4.69, 9.17) is 0 Å². The second-order valence-electron chi connectivity index (χ2n) is 8.90. The van der Waals surface area contributed by atoms with Gasteiger partial charge in [0.1, 0.15) is 0 Å². The van der Waals surface area contributed by atoms with E-state index in [0.717, 1.165) is 41.5 Å². The lowest BCUT2D eigenvalue weighted by molar-refractivity contribution is -0.130. The summed E-state index contributed by atoms with van der Waals surface area (Å²) in [4.78, 5) is 21.8. The Morgan fingerprint density at radius 1 is 1.00 bits per heavy atom. The smallest absolute Gasteiger partial charge is 0.227 e. The van der Waals surface area contributed by atoms with E-state index in [1.165, 1.54) is 0 Å². The number of hydrogen-bond acceptors (Lipinski definition) is 6. The third-order valence-electron chi connectivity index (χ3n) is 6.30. The standard InChI is InChI=1S/C25H31N5O3S/c1-18(2)34(32,33)22-10-8-21(9-11-22)17-24(31)28-13-15-29(16-14-28)25-19(3)27-30(20(25)4)23-7-5-6-12-26-23/h5-12,18H,13-17H2,1-4H3. The number of aryl methyl sites for hydroxylation is 1. The van der Waals surface area contributed by atoms with Crippen molar-refractivity contribution in [2.45, 2.75) is 44.3 Å². The maximum atomic E-state index is 12.9. The van der Waals surface area contributed by atoms with Gasteiger partial charge in [0.25, 0.3) is 0 Å². The van der Waals surface area contributed by atoms with Crippen LogP contribution in [0.5, 0.6) is 0 Å². The van der Waals surface area contributed by atoms with Gasteiger partial charge >= 0.3 is 0 Å². The number of rotatable bonds is 6. The predicted octanol–water partition coefficient (Wildman–Crippen LogP) is 2.96. The molecule has 1 fully saturated rings. The van der Waals surface area contributed by atoms with Crippen LogP contribution in [0.2, 0.25) is 0 Å². The van der Waals surface area contributed by atoms with E-state index < -0.39 is 15.1 Å². The predicted molar refractivity (Wildman–Crippen MR) is 132 cm³/mol. The molecule has 1 aliphatic heterocycles. The van der Waals surface area contributed by atoms with Crippen LogP contribution in [0.25, 0.3) is 5.82 Å². The molecule has 1 aromatic carbocycles. The zero-order valence-electron chi connectivity index (χ0n) is 20.1. The maximum absolute atomic E-state index is 12.9. The molecular formula is C25H31N5O3S. The molecule has 0 spiro atoms. The molecule has 0 aliphatic carbocycles. The summed E-state index contributed by atoms with van der Waals surface area (Å²) in [5.41, 5.74) is 3.89. The number of piperazine rings is 1. The van der Waals surface area contributed by atoms with Crippen LogP contribution in [-0.4, -0.2) is 65.4 Å². The largest absolute Gasteiger partial charge is 0.365 e. The third kappa shape index (κ3) is 4.70. The molecule has 0 radical (unpaired) electrons. The first-order valence-electron chi connectivity index (χ1n) is 11.5. The van der Waals surface area contributed by atoms with Crippen LogP contribution < -0.4 is 4.90 Å². The van der Waals surface area contributed by atoms with Crippen LogP contribution in [0.3, 0.4) is 0 Å². The van der Waals surface area contributed by atoms with Crippen molar-refractivity contribution in [2.24, 2.45) is 0 Å². The highest BCUT2D eigenvalue weighted by atomic mass is 32.2. The van der Waals surface area contributed by atoms with Crippen molar-refractivity contribution in [1.29, 1.82) is 0 Å². The Morgan fingerprint density at radius 3 is 2.26 bits per heavy atom. The average molecular weight is 482 g/mol. The van der Waals surface area contributed by atoms with E-state index in [0.29, 0.717) is 18.0 Å². The molecule has 1 saturated heterocycles. The van der Waals surface area contributed by atoms with Gasteiger partial charge in [-0.25, -0.2) is 18.1 Å². The lowest BCUT2D eigenvalue weighted by atomic mass is 10.1. The Bertz CT molecular complexity index is 1260. The van der Waals surface area contributed by atoms with Gasteiger partial charge in [-0.15, -0.1) is 0 Å². The van der Waals surface area contributed by atoms with Gasteiger partial charge in [-0.05, 0) is 57.5 Å². The van der Waals surface area contributed by atoms with Gasteiger partial charge in [0.15, 0.2) is 15.7 Å². The molecule has 0 bridgehead atoms. The fourth-order valence-electron chi connectivity index (χ4n) is 4.33. The number of hydrogen-bond donors (Lipinski definition) is 0. The van der Waals surface area contributed by atoms with Crippen molar-refractivity contribution in [2.75, 3.05) is 31.1 Å². The lowest BCUT2D eigenvalue weighted by Crippen LogP contribution is -2.49. The van der Waals surface area contributed by atoms with E-state index in [1.54, 1.807) is 44.3 Å². The Labute approximate surface area is 201 Å². The molecule has 4 rings (SSSR count). The van der Waals surface area contributed by atoms with E-state index >= 15 is 0 Å². The Morgan fingerprint density at radius 2 is 1.68 bits per heavy atom. The van der Waals surface area contributed by atoms with Crippen molar-refractivity contribution in [3.63, 3.8) is 0 Å². The van der Waals surface area contributed by atoms with E-state index in [-0.39, 0.29) is 12.3 Å². The minimum atomic E-state index is -3.31. The number of carbonyl (C=O) groups is 1. The molecule has 0 atom stereocenters. The van der Waals surface area contributed by atoms with Crippen LogP contribution >= 0.6 is 0 Å². The maximum Gasteiger partial charge on any atom is 0.227 e. The van der Waals surface area contributed by atoms with E-state index in [9.17, 15) is 13.2 Å². The Balaban J connectivity index is 1.39. The number of pyridine rings is 1. The van der Waals surface area contributed by atoms with Crippen molar-refractivity contribution in [1.82, 2.24) is 19.7 Å². The van der Waals surface area contributed by atoms with Crippen molar-refractivity contribution in [3.8, 4) is 5.82 Å². The number of nitrogens with zero attached hydrogens (tertiary/aromatic N) is 5. The summed E-state index contributed by atoms with van der Waals surface area (Å²) in [7, 11) is -3.31. The van der Waals surface area contributed by atoms with Crippen LogP contribution in [0.15, 0.2) is 53.6 Å². The number of anilines is 1. The van der Waals surface area contributed by atoms with Crippen molar-refractivity contribution < 1.29 is 13.2 Å². The van der Waals surface area contributed by atoms with E-state index in [1.807, 2.05) is 41.6 Å². The van der Waals surface area contributed by atoms with Gasteiger partial charge in [0, 0.05) is 32.4 Å².